The molecule has 1 fully saturated rings. The first-order valence-electron chi connectivity index (χ1n) is 13.8. The van der Waals surface area contributed by atoms with Crippen molar-refractivity contribution in [2.75, 3.05) is 38.1 Å². The molecule has 0 radical (unpaired) electrons. The lowest BCUT2D eigenvalue weighted by molar-refractivity contribution is 0.313. The highest BCUT2D eigenvalue weighted by atomic mass is 15.3. The van der Waals surface area contributed by atoms with Crippen molar-refractivity contribution in [2.45, 2.75) is 19.8 Å². The molecule has 0 atom stereocenters. The van der Waals surface area contributed by atoms with Gasteiger partial charge in [0.05, 0.1) is 16.9 Å². The number of fused-ring (bicyclic) bond motifs is 2. The van der Waals surface area contributed by atoms with E-state index >= 15 is 0 Å². The Kier molecular flexibility index (Phi) is 7.25. The summed E-state index contributed by atoms with van der Waals surface area (Å²) in [6.45, 7) is 10.1. The van der Waals surface area contributed by atoms with Gasteiger partial charge in [-0.3, -0.25) is 5.10 Å². The number of imidazole rings is 1. The van der Waals surface area contributed by atoms with E-state index in [0.717, 1.165) is 72.5 Å². The molecule has 1 aliphatic rings. The highest BCUT2D eigenvalue weighted by molar-refractivity contribution is 5.93. The number of hydrogen-bond acceptors (Lipinski definition) is 6. The summed E-state index contributed by atoms with van der Waals surface area (Å²) in [5, 5.41) is 7.73. The van der Waals surface area contributed by atoms with E-state index in [4.69, 9.17) is 9.97 Å². The molecule has 5 aromatic rings. The summed E-state index contributed by atoms with van der Waals surface area (Å²) < 4.78 is 0. The Hall–Kier alpha value is -4.56. The number of nitrogens with one attached hydrogen (secondary N) is 2. The highest BCUT2D eigenvalue weighted by Crippen LogP contribution is 2.30. The molecule has 202 valence electrons. The van der Waals surface area contributed by atoms with Crippen LogP contribution in [0.15, 0.2) is 85.1 Å². The van der Waals surface area contributed by atoms with Gasteiger partial charge in [-0.05, 0) is 67.8 Å². The Balaban J connectivity index is 1.31. The molecule has 0 spiro atoms. The molecule has 8 heteroatoms. The van der Waals surface area contributed by atoms with E-state index in [-0.39, 0.29) is 0 Å². The number of aromatic amines is 2. The van der Waals surface area contributed by atoms with Crippen molar-refractivity contribution in [1.82, 2.24) is 35.0 Å². The minimum atomic E-state index is 0.659. The maximum Gasteiger partial charge on any atom is 0.180 e. The number of aryl methyl sites for hydroxylation is 1. The fourth-order valence-corrected chi connectivity index (χ4v) is 5.22. The summed E-state index contributed by atoms with van der Waals surface area (Å²) in [6.07, 6.45) is 9.91. The highest BCUT2D eigenvalue weighted by Gasteiger charge is 2.21. The Morgan fingerprint density at radius 3 is 2.62 bits per heavy atom. The van der Waals surface area contributed by atoms with Gasteiger partial charge in [0.2, 0.25) is 0 Å². The molecule has 8 nitrogen and oxygen atoms in total. The van der Waals surface area contributed by atoms with Crippen molar-refractivity contribution >= 4 is 33.5 Å². The maximum atomic E-state index is 5.04. The molecule has 0 saturated carbocycles. The summed E-state index contributed by atoms with van der Waals surface area (Å²) in [5.41, 5.74) is 9.47. The molecule has 0 amide bonds. The number of likely N-dealkylation sites (N-methyl/N-ethyl adjacent to an activating group) is 1. The number of pyridine rings is 2. The van der Waals surface area contributed by atoms with Gasteiger partial charge in [0.25, 0.3) is 0 Å². The zero-order valence-corrected chi connectivity index (χ0v) is 23.1. The fourth-order valence-electron chi connectivity index (χ4n) is 5.22. The van der Waals surface area contributed by atoms with E-state index in [0.29, 0.717) is 17.2 Å². The maximum absolute atomic E-state index is 5.04. The van der Waals surface area contributed by atoms with E-state index < -0.39 is 0 Å². The molecule has 0 unspecified atom stereocenters. The monoisotopic (exact) mass is 530 g/mol. The zero-order valence-electron chi connectivity index (χ0n) is 23.1. The second-order valence-electron chi connectivity index (χ2n) is 10.2. The average molecular weight is 531 g/mol. The number of allylic oxidation sites excluding steroid dienone is 5. The summed E-state index contributed by atoms with van der Waals surface area (Å²) in [7, 11) is 2.16. The van der Waals surface area contributed by atoms with Crippen molar-refractivity contribution in [3.8, 4) is 11.5 Å². The van der Waals surface area contributed by atoms with E-state index in [1.54, 1.807) is 0 Å². The quantitative estimate of drug-likeness (QED) is 0.247. The number of benzene rings is 1. The number of nitrogens with zero attached hydrogens (tertiary/aromatic N) is 6. The van der Waals surface area contributed by atoms with Crippen LogP contribution in [0.4, 0.5) is 5.69 Å². The molecule has 4 aromatic heterocycles. The number of rotatable bonds is 8. The van der Waals surface area contributed by atoms with Crippen LogP contribution < -0.4 is 4.90 Å². The summed E-state index contributed by atoms with van der Waals surface area (Å²) in [6, 6.07) is 16.6. The first-order valence-corrected chi connectivity index (χ1v) is 13.8. The Morgan fingerprint density at radius 1 is 1.02 bits per heavy atom. The van der Waals surface area contributed by atoms with E-state index in [1.165, 1.54) is 11.1 Å². The lowest BCUT2D eigenvalue weighted by atomic mass is 10.0. The first kappa shape index (κ1) is 25.7. The minimum Gasteiger partial charge on any atom is -0.367 e. The first-order chi connectivity index (χ1) is 19.6. The lowest BCUT2D eigenvalue weighted by Crippen LogP contribution is -2.44. The Bertz CT molecular complexity index is 1700. The van der Waals surface area contributed by atoms with Gasteiger partial charge >= 0.3 is 0 Å². The molecule has 2 N–H and O–H groups in total. The average Bonchev–Trinajstić information content (AvgIpc) is 3.62. The van der Waals surface area contributed by atoms with Crippen LogP contribution >= 0.6 is 0 Å². The normalized spacial score (nSPS) is 15.3. The minimum absolute atomic E-state index is 0.659. The molecule has 40 heavy (non-hydrogen) atoms. The van der Waals surface area contributed by atoms with E-state index in [2.05, 4.69) is 86.1 Å². The molecule has 5 heterocycles. The van der Waals surface area contributed by atoms with Crippen LogP contribution in [0.2, 0.25) is 0 Å². The smallest absolute Gasteiger partial charge is 0.180 e. The molecule has 1 aromatic carbocycles. The van der Waals surface area contributed by atoms with Gasteiger partial charge in [-0.15, -0.1) is 0 Å². The van der Waals surface area contributed by atoms with Crippen LogP contribution in [0.1, 0.15) is 24.6 Å². The van der Waals surface area contributed by atoms with E-state index in [9.17, 15) is 0 Å². The molecule has 0 bridgehead atoms. The summed E-state index contributed by atoms with van der Waals surface area (Å²) in [4.78, 5) is 22.7. The lowest BCUT2D eigenvalue weighted by Gasteiger charge is -2.34. The molecule has 1 aliphatic heterocycles. The predicted molar refractivity (Wildman–Crippen MR) is 163 cm³/mol. The number of hydrogen-bond donors (Lipinski definition) is 2. The van der Waals surface area contributed by atoms with E-state index in [1.807, 2.05) is 37.4 Å². The van der Waals surface area contributed by atoms with Crippen LogP contribution in [0.5, 0.6) is 0 Å². The fraction of sp³-hybridized carbons (Fsp3) is 0.250. The number of aromatic nitrogens is 6. The second kappa shape index (κ2) is 11.3. The summed E-state index contributed by atoms with van der Waals surface area (Å²) >= 11 is 0. The van der Waals surface area contributed by atoms with Gasteiger partial charge in [-0.2, -0.15) is 5.10 Å². The third-order valence-corrected chi connectivity index (χ3v) is 7.60. The number of H-pyrrole nitrogens is 2. The van der Waals surface area contributed by atoms with Crippen molar-refractivity contribution in [2.24, 2.45) is 0 Å². The van der Waals surface area contributed by atoms with Gasteiger partial charge < -0.3 is 14.8 Å². The van der Waals surface area contributed by atoms with Crippen molar-refractivity contribution in [1.29, 1.82) is 0 Å². The second-order valence-corrected chi connectivity index (χ2v) is 10.2. The largest absolute Gasteiger partial charge is 0.367 e. The number of anilines is 1. The molecular formula is C32H34N8. The van der Waals surface area contributed by atoms with Crippen molar-refractivity contribution < 1.29 is 0 Å². The third-order valence-electron chi connectivity index (χ3n) is 7.60. The van der Waals surface area contributed by atoms with Crippen LogP contribution in [0.25, 0.3) is 39.3 Å². The molecular weight excluding hydrogens is 496 g/mol. The van der Waals surface area contributed by atoms with Crippen LogP contribution in [0.3, 0.4) is 0 Å². The van der Waals surface area contributed by atoms with Crippen LogP contribution in [-0.2, 0) is 6.42 Å². The van der Waals surface area contributed by atoms with Crippen molar-refractivity contribution in [3.63, 3.8) is 0 Å². The third kappa shape index (κ3) is 5.18. The molecule has 0 aliphatic carbocycles. The van der Waals surface area contributed by atoms with Crippen LogP contribution in [-0.4, -0.2) is 68.3 Å². The van der Waals surface area contributed by atoms with Gasteiger partial charge in [-0.25, -0.2) is 15.0 Å². The molecule has 1 saturated heterocycles. The molecule has 6 rings (SSSR count). The Labute approximate surface area is 234 Å². The summed E-state index contributed by atoms with van der Waals surface area (Å²) in [5.74, 6) is 0.659. The van der Waals surface area contributed by atoms with Gasteiger partial charge in [0, 0.05) is 32.4 Å². The van der Waals surface area contributed by atoms with Gasteiger partial charge in [0.1, 0.15) is 11.0 Å². The zero-order chi connectivity index (χ0) is 27.5. The number of piperazine rings is 1. The van der Waals surface area contributed by atoms with Gasteiger partial charge in [-0.1, -0.05) is 49.1 Å². The van der Waals surface area contributed by atoms with Crippen LogP contribution in [0, 0.1) is 0 Å². The SMILES string of the molecule is C=C/C(=C\C(=C/C)c1ccc2[nH]nc(-c3nc4nccc(N5CCN(C)CC5)c4[nH]3)c2n1)CCc1ccccc1. The predicted octanol–water partition coefficient (Wildman–Crippen LogP) is 5.80. The topological polar surface area (TPSA) is 89.6 Å². The Morgan fingerprint density at radius 2 is 1.85 bits per heavy atom. The standard InChI is InChI=1S/C32H34N8/c1-4-22(11-12-23-9-7-6-8-10-23)21-24(5-2)25-13-14-26-28(34-25)30(38-37-26)32-35-29-27(15-16-33-31(29)36-32)40-19-17-39(3)18-20-40/h4-10,13-16,21H,1,11-12,17-20H2,2-3H3,(H,37,38)(H,33,35,36)/b22-21+,24-5+. The van der Waals surface area contributed by atoms with Crippen molar-refractivity contribution in [3.05, 3.63) is 96.4 Å². The van der Waals surface area contributed by atoms with Gasteiger partial charge in [0.15, 0.2) is 17.2 Å².